The highest BCUT2D eigenvalue weighted by atomic mass is 32.2. The first-order valence-electron chi connectivity index (χ1n) is 7.41. The smallest absolute Gasteiger partial charge is 0.240 e. The summed E-state index contributed by atoms with van der Waals surface area (Å²) < 4.78 is 31.3. The van der Waals surface area contributed by atoms with Crippen molar-refractivity contribution in [3.05, 3.63) is 24.3 Å². The van der Waals surface area contributed by atoms with Crippen LogP contribution in [0.1, 0.15) is 38.5 Å². The molecule has 1 aliphatic carbocycles. The highest BCUT2D eigenvalue weighted by Crippen LogP contribution is 2.26. The molecule has 0 radical (unpaired) electrons. The molecule has 0 aromatic heterocycles. The van der Waals surface area contributed by atoms with E-state index in [1.54, 1.807) is 12.1 Å². The summed E-state index contributed by atoms with van der Waals surface area (Å²) in [5.74, 6) is 0.652. The number of ether oxygens (including phenoxy) is 1. The Morgan fingerprint density at radius 1 is 1.14 bits per heavy atom. The molecule has 0 amide bonds. The average molecular weight is 312 g/mol. The normalized spacial score (nSPS) is 19.0. The topological polar surface area (TPSA) is 81.4 Å². The summed E-state index contributed by atoms with van der Waals surface area (Å²) in [6.45, 7) is 0.477. The van der Waals surface area contributed by atoms with Crippen LogP contribution < -0.4 is 15.2 Å². The number of nitrogens with one attached hydrogen (secondary N) is 1. The Labute approximate surface area is 126 Å². The summed E-state index contributed by atoms with van der Waals surface area (Å²) in [7, 11) is -2.00. The van der Waals surface area contributed by atoms with Crippen LogP contribution in [0.15, 0.2) is 29.2 Å². The molecule has 0 bridgehead atoms. The minimum Gasteiger partial charge on any atom is -0.492 e. The molecular formula is C15H24N2O3S. The van der Waals surface area contributed by atoms with Crippen molar-refractivity contribution in [2.24, 2.45) is 5.73 Å². The molecule has 0 saturated heterocycles. The van der Waals surface area contributed by atoms with Gasteiger partial charge in [-0.05, 0) is 44.2 Å². The van der Waals surface area contributed by atoms with Gasteiger partial charge in [0.1, 0.15) is 12.4 Å². The monoisotopic (exact) mass is 312 g/mol. The Morgan fingerprint density at radius 2 is 1.71 bits per heavy atom. The molecule has 5 nitrogen and oxygen atoms in total. The number of nitrogens with two attached hydrogens (primary N) is 1. The molecule has 1 aliphatic rings. The fourth-order valence-electron chi connectivity index (χ4n) is 2.64. The van der Waals surface area contributed by atoms with Crippen molar-refractivity contribution in [3.63, 3.8) is 0 Å². The summed E-state index contributed by atoms with van der Waals surface area (Å²) in [6.07, 6.45) is 6.77. The Hall–Kier alpha value is -1.11. The summed E-state index contributed by atoms with van der Waals surface area (Å²) in [5, 5.41) is 0. The molecule has 118 valence electrons. The van der Waals surface area contributed by atoms with Crippen molar-refractivity contribution in [1.29, 1.82) is 0 Å². The Balaban J connectivity index is 1.97. The van der Waals surface area contributed by atoms with Crippen molar-refractivity contribution in [2.75, 3.05) is 13.7 Å². The lowest BCUT2D eigenvalue weighted by molar-refractivity contribution is 0.199. The van der Waals surface area contributed by atoms with Gasteiger partial charge in [0.05, 0.1) is 10.4 Å². The van der Waals surface area contributed by atoms with Gasteiger partial charge < -0.3 is 10.5 Å². The molecule has 0 heterocycles. The van der Waals surface area contributed by atoms with Crippen LogP contribution >= 0.6 is 0 Å². The molecule has 1 aromatic carbocycles. The number of benzene rings is 1. The van der Waals surface area contributed by atoms with E-state index < -0.39 is 10.0 Å². The van der Waals surface area contributed by atoms with Gasteiger partial charge in [-0.1, -0.05) is 25.7 Å². The highest BCUT2D eigenvalue weighted by Gasteiger charge is 2.27. The van der Waals surface area contributed by atoms with Gasteiger partial charge in [-0.25, -0.2) is 13.1 Å². The van der Waals surface area contributed by atoms with E-state index in [-0.39, 0.29) is 10.4 Å². The molecule has 0 spiro atoms. The maximum atomic E-state index is 11.6. The fourth-order valence-corrected chi connectivity index (χ4v) is 3.37. The minimum atomic E-state index is -3.40. The molecule has 1 saturated carbocycles. The molecule has 1 aromatic rings. The van der Waals surface area contributed by atoms with Crippen molar-refractivity contribution >= 4 is 10.0 Å². The van der Waals surface area contributed by atoms with E-state index in [9.17, 15) is 8.42 Å². The van der Waals surface area contributed by atoms with Gasteiger partial charge in [0.15, 0.2) is 0 Å². The second-order valence-corrected chi connectivity index (χ2v) is 7.63. The van der Waals surface area contributed by atoms with E-state index in [2.05, 4.69) is 4.72 Å². The van der Waals surface area contributed by atoms with Crippen LogP contribution in [0.5, 0.6) is 5.75 Å². The van der Waals surface area contributed by atoms with Crippen molar-refractivity contribution < 1.29 is 13.2 Å². The third-order valence-corrected chi connectivity index (χ3v) is 5.46. The van der Waals surface area contributed by atoms with E-state index in [0.29, 0.717) is 12.4 Å². The number of rotatable bonds is 5. The predicted octanol–water partition coefficient (Wildman–Crippen LogP) is 2.03. The Morgan fingerprint density at radius 3 is 2.24 bits per heavy atom. The second-order valence-electron chi connectivity index (χ2n) is 5.74. The quantitative estimate of drug-likeness (QED) is 0.815. The number of hydrogen-bond donors (Lipinski definition) is 2. The van der Waals surface area contributed by atoms with Gasteiger partial charge >= 0.3 is 0 Å². The first-order chi connectivity index (χ1) is 9.95. The minimum absolute atomic E-state index is 0.231. The van der Waals surface area contributed by atoms with Crippen LogP contribution in [0.2, 0.25) is 0 Å². The SMILES string of the molecule is CNS(=O)(=O)c1ccc(OCC2(N)CCCCCC2)cc1. The summed E-state index contributed by atoms with van der Waals surface area (Å²) in [4.78, 5) is 0.231. The lowest BCUT2D eigenvalue weighted by Gasteiger charge is -2.27. The molecule has 0 atom stereocenters. The van der Waals surface area contributed by atoms with Crippen LogP contribution in [-0.2, 0) is 10.0 Å². The van der Waals surface area contributed by atoms with Crippen molar-refractivity contribution in [2.45, 2.75) is 49.0 Å². The van der Waals surface area contributed by atoms with E-state index in [4.69, 9.17) is 10.5 Å². The Kier molecular flexibility index (Phi) is 5.24. The zero-order valence-electron chi connectivity index (χ0n) is 12.5. The second kappa shape index (κ2) is 6.77. The van der Waals surface area contributed by atoms with Gasteiger partial charge in [-0.2, -0.15) is 0 Å². The molecule has 6 heteroatoms. The molecule has 2 rings (SSSR count). The predicted molar refractivity (Wildman–Crippen MR) is 82.8 cm³/mol. The van der Waals surface area contributed by atoms with Gasteiger partial charge in [0, 0.05) is 0 Å². The zero-order valence-corrected chi connectivity index (χ0v) is 13.3. The van der Waals surface area contributed by atoms with E-state index in [1.165, 1.54) is 32.0 Å². The maximum Gasteiger partial charge on any atom is 0.240 e. The van der Waals surface area contributed by atoms with Crippen molar-refractivity contribution in [3.8, 4) is 5.75 Å². The molecule has 0 aliphatic heterocycles. The van der Waals surface area contributed by atoms with Crippen LogP contribution in [0, 0.1) is 0 Å². The van der Waals surface area contributed by atoms with Crippen LogP contribution in [0.25, 0.3) is 0 Å². The third kappa shape index (κ3) is 4.43. The first kappa shape index (κ1) is 16.3. The molecule has 1 fully saturated rings. The third-order valence-electron chi connectivity index (χ3n) is 4.03. The van der Waals surface area contributed by atoms with E-state index in [0.717, 1.165) is 25.7 Å². The summed E-state index contributed by atoms with van der Waals surface area (Å²) in [6, 6.07) is 6.42. The van der Waals surface area contributed by atoms with Crippen LogP contribution in [0.3, 0.4) is 0 Å². The largest absolute Gasteiger partial charge is 0.492 e. The average Bonchev–Trinajstić information content (AvgIpc) is 2.71. The first-order valence-corrected chi connectivity index (χ1v) is 8.89. The van der Waals surface area contributed by atoms with E-state index >= 15 is 0 Å². The highest BCUT2D eigenvalue weighted by molar-refractivity contribution is 7.89. The van der Waals surface area contributed by atoms with Crippen molar-refractivity contribution in [1.82, 2.24) is 4.72 Å². The lowest BCUT2D eigenvalue weighted by Crippen LogP contribution is -2.45. The standard InChI is InChI=1S/C15H24N2O3S/c1-17-21(18,19)14-8-6-13(7-9-14)20-12-15(16)10-4-2-3-5-11-15/h6-9,17H,2-5,10-12,16H2,1H3. The fraction of sp³-hybridized carbons (Fsp3) is 0.600. The molecule has 3 N–H and O–H groups in total. The number of hydrogen-bond acceptors (Lipinski definition) is 4. The molecule has 21 heavy (non-hydrogen) atoms. The molecule has 0 unspecified atom stereocenters. The number of sulfonamides is 1. The molecular weight excluding hydrogens is 288 g/mol. The van der Waals surface area contributed by atoms with Crippen LogP contribution in [0.4, 0.5) is 0 Å². The zero-order chi connectivity index (χ0) is 15.3. The maximum absolute atomic E-state index is 11.6. The lowest BCUT2D eigenvalue weighted by atomic mass is 9.92. The van der Waals surface area contributed by atoms with Crippen LogP contribution in [-0.4, -0.2) is 27.6 Å². The van der Waals surface area contributed by atoms with Gasteiger partial charge in [-0.3, -0.25) is 0 Å². The van der Waals surface area contributed by atoms with Gasteiger partial charge in [0.2, 0.25) is 10.0 Å². The Bertz CT molecular complexity index is 547. The van der Waals surface area contributed by atoms with Gasteiger partial charge in [-0.15, -0.1) is 0 Å². The van der Waals surface area contributed by atoms with E-state index in [1.807, 2.05) is 0 Å². The van der Waals surface area contributed by atoms with Gasteiger partial charge in [0.25, 0.3) is 0 Å². The summed E-state index contributed by atoms with van der Waals surface area (Å²) >= 11 is 0. The summed E-state index contributed by atoms with van der Waals surface area (Å²) in [5.41, 5.74) is 6.14.